The van der Waals surface area contributed by atoms with E-state index in [0.717, 1.165) is 5.47 Å². The third kappa shape index (κ3) is 4.42. The highest BCUT2D eigenvalue weighted by Crippen LogP contribution is 2.44. The molecule has 1 aromatic rings. The third-order valence-corrected chi connectivity index (χ3v) is 11.4. The Hall–Kier alpha value is -0.918. The number of rotatable bonds is 4. The Balaban J connectivity index is 1.94. The molecule has 2 fully saturated rings. The summed E-state index contributed by atoms with van der Waals surface area (Å²) in [4.78, 5) is 0. The standard InChI is InChI=1S/C23H37BO4Si/c1-17(24-27-21(2,3)22(4,5)28-24)19-15-25-23(6,7)26-16-20(19)29(8,9)18-13-11-10-12-14-18/h10-14,19-20H,1,15-16H2,2-9H3/t19-,20-/m0/s1. The lowest BCUT2D eigenvalue weighted by molar-refractivity contribution is -0.200. The van der Waals surface area contributed by atoms with E-state index in [4.69, 9.17) is 18.8 Å². The minimum Gasteiger partial charge on any atom is -0.400 e. The van der Waals surface area contributed by atoms with E-state index in [1.807, 2.05) is 13.8 Å². The van der Waals surface area contributed by atoms with Crippen LogP contribution in [0, 0.1) is 5.92 Å². The molecule has 2 aliphatic rings. The van der Waals surface area contributed by atoms with Gasteiger partial charge in [0.25, 0.3) is 0 Å². The van der Waals surface area contributed by atoms with Crippen LogP contribution in [0.3, 0.4) is 0 Å². The molecule has 29 heavy (non-hydrogen) atoms. The Kier molecular flexibility index (Phi) is 6.00. The first-order chi connectivity index (χ1) is 13.3. The SMILES string of the molecule is C=C(B1OC(C)(C)C(C)(C)O1)[C@@H]1COC(C)(C)OC[C@@H]1[Si](C)(C)c1ccccc1. The Labute approximate surface area is 178 Å². The van der Waals surface area contributed by atoms with Crippen molar-refractivity contribution in [1.29, 1.82) is 0 Å². The molecule has 160 valence electrons. The van der Waals surface area contributed by atoms with Crippen LogP contribution in [0.5, 0.6) is 0 Å². The first-order valence-corrected chi connectivity index (χ1v) is 13.7. The van der Waals surface area contributed by atoms with Crippen LogP contribution in [-0.2, 0) is 18.8 Å². The topological polar surface area (TPSA) is 36.9 Å². The summed E-state index contributed by atoms with van der Waals surface area (Å²) in [7, 11) is -2.33. The lowest BCUT2D eigenvalue weighted by atomic mass is 9.71. The average molecular weight is 416 g/mol. The first-order valence-electron chi connectivity index (χ1n) is 10.6. The lowest BCUT2D eigenvalue weighted by Crippen LogP contribution is -2.51. The van der Waals surface area contributed by atoms with Gasteiger partial charge in [0.15, 0.2) is 5.79 Å². The molecule has 0 aromatic heterocycles. The fourth-order valence-electron chi connectivity index (χ4n) is 4.18. The molecule has 2 saturated heterocycles. The van der Waals surface area contributed by atoms with Gasteiger partial charge >= 0.3 is 7.12 Å². The van der Waals surface area contributed by atoms with Crippen LogP contribution in [0.2, 0.25) is 18.6 Å². The summed E-state index contributed by atoms with van der Waals surface area (Å²) in [6.07, 6.45) is 0. The van der Waals surface area contributed by atoms with E-state index in [1.54, 1.807) is 0 Å². The van der Waals surface area contributed by atoms with Crippen molar-refractivity contribution >= 4 is 20.4 Å². The van der Waals surface area contributed by atoms with Gasteiger partial charge in [-0.15, -0.1) is 6.58 Å². The summed E-state index contributed by atoms with van der Waals surface area (Å²) in [6, 6.07) is 10.8. The van der Waals surface area contributed by atoms with E-state index in [9.17, 15) is 0 Å². The second-order valence-electron chi connectivity index (χ2n) is 10.5. The van der Waals surface area contributed by atoms with Gasteiger partial charge in [-0.2, -0.15) is 0 Å². The van der Waals surface area contributed by atoms with Gasteiger partial charge in [0.1, 0.15) is 0 Å². The quantitative estimate of drug-likeness (QED) is 0.675. The Morgan fingerprint density at radius 3 is 2.00 bits per heavy atom. The zero-order valence-electron chi connectivity index (χ0n) is 19.4. The average Bonchev–Trinajstić information content (AvgIpc) is 2.75. The lowest BCUT2D eigenvalue weighted by Gasteiger charge is -2.38. The molecule has 0 aliphatic carbocycles. The van der Waals surface area contributed by atoms with Gasteiger partial charge in [0, 0.05) is 5.92 Å². The van der Waals surface area contributed by atoms with Crippen LogP contribution < -0.4 is 5.19 Å². The summed E-state index contributed by atoms with van der Waals surface area (Å²) in [6.45, 7) is 22.8. The Bertz CT molecular complexity index is 729. The number of ether oxygens (including phenoxy) is 2. The van der Waals surface area contributed by atoms with E-state index in [2.05, 4.69) is 77.7 Å². The van der Waals surface area contributed by atoms with Gasteiger partial charge in [-0.25, -0.2) is 0 Å². The van der Waals surface area contributed by atoms with E-state index in [1.165, 1.54) is 5.19 Å². The van der Waals surface area contributed by atoms with E-state index in [-0.39, 0.29) is 17.1 Å². The zero-order valence-corrected chi connectivity index (χ0v) is 20.4. The van der Waals surface area contributed by atoms with Crippen molar-refractivity contribution in [3.8, 4) is 0 Å². The molecule has 2 aliphatic heterocycles. The van der Waals surface area contributed by atoms with Crippen molar-refractivity contribution in [2.75, 3.05) is 13.2 Å². The van der Waals surface area contributed by atoms with Crippen LogP contribution in [-0.4, -0.2) is 45.4 Å². The largest absolute Gasteiger partial charge is 0.490 e. The van der Waals surface area contributed by atoms with E-state index < -0.39 is 21.0 Å². The summed E-state index contributed by atoms with van der Waals surface area (Å²) in [5, 5.41) is 1.42. The van der Waals surface area contributed by atoms with Crippen molar-refractivity contribution in [3.63, 3.8) is 0 Å². The summed E-state index contributed by atoms with van der Waals surface area (Å²) in [5.74, 6) is -0.502. The van der Waals surface area contributed by atoms with Crippen LogP contribution in [0.25, 0.3) is 0 Å². The van der Waals surface area contributed by atoms with Gasteiger partial charge in [-0.05, 0) is 52.6 Å². The van der Waals surface area contributed by atoms with Gasteiger partial charge in [0.2, 0.25) is 0 Å². The normalized spacial score (nSPS) is 28.8. The Morgan fingerprint density at radius 2 is 1.45 bits per heavy atom. The number of benzene rings is 1. The molecule has 0 radical (unpaired) electrons. The predicted molar refractivity (Wildman–Crippen MR) is 122 cm³/mol. The Morgan fingerprint density at radius 1 is 0.931 bits per heavy atom. The molecule has 0 spiro atoms. The van der Waals surface area contributed by atoms with Crippen molar-refractivity contribution in [2.24, 2.45) is 5.92 Å². The molecule has 0 N–H and O–H groups in total. The van der Waals surface area contributed by atoms with E-state index in [0.29, 0.717) is 18.8 Å². The van der Waals surface area contributed by atoms with Gasteiger partial charge < -0.3 is 18.8 Å². The molecule has 3 rings (SSSR count). The van der Waals surface area contributed by atoms with Crippen molar-refractivity contribution in [1.82, 2.24) is 0 Å². The molecule has 0 saturated carbocycles. The van der Waals surface area contributed by atoms with Crippen molar-refractivity contribution in [2.45, 2.75) is 77.2 Å². The second kappa shape index (κ2) is 7.65. The maximum Gasteiger partial charge on any atom is 0.490 e. The van der Waals surface area contributed by atoms with Gasteiger partial charge in [0.05, 0.1) is 32.5 Å². The number of hydrogen-bond donors (Lipinski definition) is 0. The summed E-state index contributed by atoms with van der Waals surface area (Å²) in [5.41, 5.74) is 0.498. The molecular formula is C23H37BO4Si. The smallest absolute Gasteiger partial charge is 0.400 e. The van der Waals surface area contributed by atoms with Gasteiger partial charge in [-0.3, -0.25) is 0 Å². The minimum absolute atomic E-state index is 0.105. The fraction of sp³-hybridized carbons (Fsp3) is 0.652. The second-order valence-corrected chi connectivity index (χ2v) is 15.2. The van der Waals surface area contributed by atoms with Gasteiger partial charge in [-0.1, -0.05) is 48.6 Å². The highest BCUT2D eigenvalue weighted by atomic mass is 28.3. The van der Waals surface area contributed by atoms with Crippen LogP contribution >= 0.6 is 0 Å². The third-order valence-electron chi connectivity index (χ3n) is 7.18. The fourth-order valence-corrected chi connectivity index (χ4v) is 7.48. The van der Waals surface area contributed by atoms with Crippen LogP contribution in [0.1, 0.15) is 41.5 Å². The first kappa shape index (κ1) is 22.8. The highest BCUT2D eigenvalue weighted by Gasteiger charge is 2.55. The maximum atomic E-state index is 6.34. The van der Waals surface area contributed by atoms with Crippen LogP contribution in [0.15, 0.2) is 42.4 Å². The molecule has 0 bridgehead atoms. The molecule has 4 nitrogen and oxygen atoms in total. The molecule has 6 heteroatoms. The van der Waals surface area contributed by atoms with Crippen LogP contribution in [0.4, 0.5) is 0 Å². The molecular weight excluding hydrogens is 379 g/mol. The van der Waals surface area contributed by atoms with Crippen molar-refractivity contribution in [3.05, 3.63) is 42.4 Å². The highest BCUT2D eigenvalue weighted by molar-refractivity contribution is 6.91. The van der Waals surface area contributed by atoms with Crippen molar-refractivity contribution < 1.29 is 18.8 Å². The molecule has 0 unspecified atom stereocenters. The van der Waals surface area contributed by atoms with E-state index >= 15 is 0 Å². The predicted octanol–water partition coefficient (Wildman–Crippen LogP) is 4.56. The minimum atomic E-state index is -1.90. The molecule has 2 atom stereocenters. The maximum absolute atomic E-state index is 6.34. The molecule has 1 aromatic carbocycles. The summed E-state index contributed by atoms with van der Waals surface area (Å²) >= 11 is 0. The number of hydrogen-bond acceptors (Lipinski definition) is 4. The molecule has 2 heterocycles. The zero-order chi connectivity index (χ0) is 21.7. The monoisotopic (exact) mass is 416 g/mol. The summed E-state index contributed by atoms with van der Waals surface area (Å²) < 4.78 is 25.1. The molecule has 0 amide bonds.